The molecule has 0 aliphatic rings. The molecule has 4 N–H and O–H groups in total. The van der Waals surface area contributed by atoms with Gasteiger partial charge >= 0.3 is 51.7 Å². The zero-order valence-electron chi connectivity index (χ0n) is 13.9. The third-order valence-corrected chi connectivity index (χ3v) is 4.51. The molecule has 23 heavy (non-hydrogen) atoms. The van der Waals surface area contributed by atoms with Gasteiger partial charge in [-0.2, -0.15) is 5.26 Å². The third-order valence-electron chi connectivity index (χ3n) is 2.19. The molecule has 0 heterocycles. The molecule has 0 radical (unpaired) electrons. The fraction of sp³-hybridized carbons (Fsp3) is 0.833. The first-order valence-corrected chi connectivity index (χ1v) is 9.93. The number of hydrogen-bond donors (Lipinski definition) is 4. The molecule has 0 aromatic carbocycles. The van der Waals surface area contributed by atoms with Crippen LogP contribution in [0.4, 0.5) is 0 Å². The maximum absolute atomic E-state index is 9.74. The van der Waals surface area contributed by atoms with E-state index in [1.807, 2.05) is 38.4 Å². The minimum atomic E-state index is -4.35. The van der Waals surface area contributed by atoms with Crippen molar-refractivity contribution >= 4 is 16.7 Å². The van der Waals surface area contributed by atoms with Gasteiger partial charge in [0.2, 0.25) is 0 Å². The van der Waals surface area contributed by atoms with E-state index in [-0.39, 0.29) is 25.1 Å². The zero-order valence-corrected chi connectivity index (χ0v) is 15.8. The van der Waals surface area contributed by atoms with Crippen molar-refractivity contribution in [3.63, 3.8) is 0 Å². The van der Waals surface area contributed by atoms with Crippen molar-refractivity contribution < 1.29 is 28.6 Å². The first kappa shape index (κ1) is 24.8. The summed E-state index contributed by atoms with van der Waals surface area (Å²) >= 11 is 0. The summed E-state index contributed by atoms with van der Waals surface area (Å²) in [6.07, 6.45) is 0.361. The molecule has 1 unspecified atom stereocenters. The minimum absolute atomic E-state index is 0.0381. The Kier molecular flexibility index (Phi) is 15.0. The van der Waals surface area contributed by atoms with Gasteiger partial charge in [-0.1, -0.05) is 0 Å². The average Bonchev–Trinajstić information content (AvgIpc) is 2.37. The Hall–Kier alpha value is -0.440. The van der Waals surface area contributed by atoms with Crippen molar-refractivity contribution in [3.8, 4) is 12.1 Å². The second-order valence-corrected chi connectivity index (χ2v) is 7.55. The molecule has 11 heteroatoms. The van der Waals surface area contributed by atoms with Gasteiger partial charge in [0.05, 0.1) is 19.1 Å². The van der Waals surface area contributed by atoms with Crippen molar-refractivity contribution in [2.24, 2.45) is 0 Å². The van der Waals surface area contributed by atoms with Gasteiger partial charge in [0.15, 0.2) is 0 Å². The molecule has 0 aromatic rings. The van der Waals surface area contributed by atoms with Crippen LogP contribution in [0, 0.1) is 22.7 Å². The van der Waals surface area contributed by atoms with Crippen LogP contribution >= 0.6 is 16.7 Å². The zero-order chi connectivity index (χ0) is 18.5. The molecule has 0 spiro atoms. The Balaban J connectivity index is 0. The molecule has 0 saturated carbocycles. The first-order chi connectivity index (χ1) is 10.6. The molecule has 0 amide bonds. The van der Waals surface area contributed by atoms with Gasteiger partial charge < -0.3 is 9.42 Å². The summed E-state index contributed by atoms with van der Waals surface area (Å²) in [5.41, 5.74) is 0. The summed E-state index contributed by atoms with van der Waals surface area (Å²) in [5.74, 6) is 0. The SMILES string of the molecule is CC(C)N(C(C)C)P(O)OCCC#N.N#CCCO[PH](O)(O)O. The standard InChI is InChI=1S/C9H19N2O2P.C3H8NO4P/c1-8(2)11(9(3)4)14(12)13-7-5-6-10;4-2-1-3-8-9(5,6)7/h8-9,12H,5,7H2,1-4H3;5-7,9H,1,3H2. The second kappa shape index (κ2) is 13.9. The number of nitriles is 2. The van der Waals surface area contributed by atoms with Gasteiger partial charge in [-0.05, 0) is 27.7 Å². The van der Waals surface area contributed by atoms with E-state index in [1.165, 1.54) is 0 Å². The summed E-state index contributed by atoms with van der Waals surface area (Å²) in [5, 5.41) is 16.2. The predicted octanol–water partition coefficient (Wildman–Crippen LogP) is 1.56. The van der Waals surface area contributed by atoms with E-state index in [0.717, 1.165) is 0 Å². The second-order valence-electron chi connectivity index (χ2n) is 4.89. The molecule has 1 atom stereocenters. The Bertz CT molecular complexity index is 370. The van der Waals surface area contributed by atoms with Gasteiger partial charge in [0.1, 0.15) is 0 Å². The van der Waals surface area contributed by atoms with E-state index in [4.69, 9.17) is 29.7 Å². The van der Waals surface area contributed by atoms with Crippen LogP contribution in [-0.4, -0.2) is 49.5 Å². The van der Waals surface area contributed by atoms with E-state index in [0.29, 0.717) is 13.0 Å². The van der Waals surface area contributed by atoms with Crippen molar-refractivity contribution in [3.05, 3.63) is 0 Å². The number of hydrogen-bond acceptors (Lipinski definition) is 9. The van der Waals surface area contributed by atoms with Crippen LogP contribution in [0.2, 0.25) is 0 Å². The quantitative estimate of drug-likeness (QED) is 0.349. The molecular formula is C12H27N3O6P2. The Morgan fingerprint density at radius 3 is 1.78 bits per heavy atom. The molecule has 0 bridgehead atoms. The first-order valence-electron chi connectivity index (χ1n) is 7.01. The summed E-state index contributed by atoms with van der Waals surface area (Å²) in [6, 6.07) is 4.17. The summed E-state index contributed by atoms with van der Waals surface area (Å²) in [7, 11) is -5.90. The molecule has 136 valence electrons. The van der Waals surface area contributed by atoms with Crippen LogP contribution in [0.25, 0.3) is 0 Å². The molecule has 0 fully saturated rings. The van der Waals surface area contributed by atoms with Gasteiger partial charge in [-0.15, -0.1) is 0 Å². The molecule has 0 aromatic heterocycles. The Labute approximate surface area is 139 Å². The normalized spacial score (nSPS) is 13.3. The molecular weight excluding hydrogens is 344 g/mol. The number of nitrogens with zero attached hydrogens (tertiary/aromatic N) is 3. The van der Waals surface area contributed by atoms with Gasteiger partial charge in [-0.25, -0.2) is 4.67 Å². The monoisotopic (exact) mass is 371 g/mol. The fourth-order valence-electron chi connectivity index (χ4n) is 1.46. The van der Waals surface area contributed by atoms with Crippen LogP contribution in [0.15, 0.2) is 0 Å². The van der Waals surface area contributed by atoms with E-state index in [1.54, 1.807) is 6.07 Å². The molecule has 0 aliphatic heterocycles. The third kappa shape index (κ3) is 16.2. The summed E-state index contributed by atoms with van der Waals surface area (Å²) in [6.45, 7) is 8.21. The van der Waals surface area contributed by atoms with Crippen LogP contribution in [-0.2, 0) is 9.05 Å². The van der Waals surface area contributed by atoms with E-state index < -0.39 is 16.7 Å². The van der Waals surface area contributed by atoms with Crippen molar-refractivity contribution in [1.82, 2.24) is 4.67 Å². The predicted molar refractivity (Wildman–Crippen MR) is 88.6 cm³/mol. The topological polar surface area (TPSA) is 150 Å². The van der Waals surface area contributed by atoms with Gasteiger partial charge in [0.25, 0.3) is 8.53 Å². The van der Waals surface area contributed by atoms with Gasteiger partial charge in [-0.3, -0.25) is 0 Å². The summed E-state index contributed by atoms with van der Waals surface area (Å²) in [4.78, 5) is 34.2. The maximum atomic E-state index is 9.74. The Morgan fingerprint density at radius 2 is 1.43 bits per heavy atom. The molecule has 0 aliphatic carbocycles. The molecule has 0 saturated heterocycles. The number of rotatable bonds is 9. The van der Waals surface area contributed by atoms with Crippen molar-refractivity contribution in [1.29, 1.82) is 10.5 Å². The van der Waals surface area contributed by atoms with Crippen LogP contribution in [0.3, 0.4) is 0 Å². The van der Waals surface area contributed by atoms with Crippen LogP contribution < -0.4 is 0 Å². The van der Waals surface area contributed by atoms with Crippen molar-refractivity contribution in [2.45, 2.75) is 52.6 Å². The van der Waals surface area contributed by atoms with Crippen molar-refractivity contribution in [2.75, 3.05) is 13.2 Å². The van der Waals surface area contributed by atoms with Gasteiger partial charge in [0, 0.05) is 12.1 Å². The van der Waals surface area contributed by atoms with E-state index >= 15 is 0 Å². The van der Waals surface area contributed by atoms with Crippen LogP contribution in [0.1, 0.15) is 40.5 Å². The summed E-state index contributed by atoms with van der Waals surface area (Å²) < 4.78 is 11.2. The van der Waals surface area contributed by atoms with Crippen LogP contribution in [0.5, 0.6) is 0 Å². The average molecular weight is 371 g/mol. The van der Waals surface area contributed by atoms with E-state index in [9.17, 15) is 4.89 Å². The molecule has 0 rings (SSSR count). The fourth-order valence-corrected chi connectivity index (χ4v) is 3.02. The van der Waals surface area contributed by atoms with E-state index in [2.05, 4.69) is 4.52 Å². The molecule has 9 nitrogen and oxygen atoms in total. The Morgan fingerprint density at radius 1 is 1.00 bits per heavy atom.